The minimum absolute atomic E-state index is 0.0326. The number of rotatable bonds is 62. The van der Waals surface area contributed by atoms with Crippen LogP contribution in [0.15, 0.2) is 12.2 Å². The van der Waals surface area contributed by atoms with Gasteiger partial charge in [0.05, 0.1) is 13.2 Å². The fraction of sp³-hybridized carbons (Fsp3) is 0.933. The lowest BCUT2D eigenvalue weighted by molar-refractivity contribution is -0.360. The van der Waals surface area contributed by atoms with E-state index >= 15 is 0 Å². The van der Waals surface area contributed by atoms with Gasteiger partial charge in [0.1, 0.15) is 98.7 Å². The maximum absolute atomic E-state index is 14.4. The zero-order valence-electron chi connectivity index (χ0n) is 61.5. The van der Waals surface area contributed by atoms with Crippen molar-refractivity contribution in [2.24, 2.45) is 0 Å². The predicted octanol–water partition coefficient (Wildman–Crippen LogP) is 11.5. The van der Waals surface area contributed by atoms with Gasteiger partial charge in [-0.3, -0.25) is 23.4 Å². The van der Waals surface area contributed by atoms with Crippen LogP contribution in [-0.2, 0) is 61.2 Å². The van der Waals surface area contributed by atoms with E-state index in [-0.39, 0.29) is 19.3 Å². The van der Waals surface area contributed by atoms with Crippen molar-refractivity contribution in [1.29, 1.82) is 0 Å². The summed E-state index contributed by atoms with van der Waals surface area (Å²) in [7, 11) is -5.70. The number of unbranched alkanes of at least 4 members (excludes halogenated alkanes) is 39. The molecule has 0 aromatic rings. The van der Waals surface area contributed by atoms with Crippen LogP contribution >= 0.6 is 7.82 Å². The van der Waals surface area contributed by atoms with Crippen LogP contribution in [0.3, 0.4) is 0 Å². The summed E-state index contributed by atoms with van der Waals surface area (Å²) in [5, 5.41) is 110. The van der Waals surface area contributed by atoms with Crippen molar-refractivity contribution in [3.63, 3.8) is 0 Å². The van der Waals surface area contributed by atoms with Crippen LogP contribution in [0.1, 0.15) is 316 Å². The van der Waals surface area contributed by atoms with Gasteiger partial charge in [-0.2, -0.15) is 0 Å². The van der Waals surface area contributed by atoms with Crippen molar-refractivity contribution in [1.82, 2.24) is 0 Å². The summed E-state index contributed by atoms with van der Waals surface area (Å²) < 4.78 is 65.1. The molecule has 100 heavy (non-hydrogen) atoms. The van der Waals surface area contributed by atoms with Gasteiger partial charge in [-0.15, -0.1) is 0 Å². The molecule has 3 aliphatic rings. The maximum Gasteiger partial charge on any atom is 0.472 e. The lowest BCUT2D eigenvalue weighted by Crippen LogP contribution is -2.69. The summed E-state index contributed by atoms with van der Waals surface area (Å²) in [4.78, 5) is 51.1. The van der Waals surface area contributed by atoms with Crippen molar-refractivity contribution in [3.05, 3.63) is 12.2 Å². The predicted molar refractivity (Wildman–Crippen MR) is 379 cm³/mol. The second kappa shape index (κ2) is 57.0. The number of hydrogen-bond donors (Lipinski definition) is 11. The lowest BCUT2D eigenvalue weighted by Gasteiger charge is -2.49. The van der Waals surface area contributed by atoms with Gasteiger partial charge in [0.15, 0.2) is 18.7 Å². The molecule has 0 aromatic carbocycles. The third kappa shape index (κ3) is 39.3. The van der Waals surface area contributed by atoms with Crippen molar-refractivity contribution >= 4 is 25.7 Å². The van der Waals surface area contributed by atoms with Crippen LogP contribution in [-0.4, -0.2) is 204 Å². The molecule has 18 atom stereocenters. The van der Waals surface area contributed by atoms with Crippen LogP contribution in [0.2, 0.25) is 0 Å². The first-order valence-corrected chi connectivity index (χ1v) is 41.0. The molecule has 2 heterocycles. The third-order valence-corrected chi connectivity index (χ3v) is 20.5. The van der Waals surface area contributed by atoms with E-state index in [1.807, 2.05) is 0 Å². The standard InChI is InChI=1S/C75H139O24P/c1-4-7-10-13-16-19-22-25-28-30-33-36-39-42-45-48-51-61(79)94-56(53-91-59(77)49-46-43-40-37-35-32-29-26-23-20-17-14-11-8-5-2)54-93-100(89,90)99-73-71(97-74-69(87)64(82)62(80)57(52-76)95-74)67(85)66(84)68(86)72(73)98-75-70(88)65(83)63(81)58(96-75)55-92-60(78)50-47-44-41-38-34-31-27-24-21-18-15-12-9-6-3/h20,23,56-58,62-76,80-88H,4-19,21-22,24-55H2,1-3H3,(H,89,90)/b23-20-. The van der Waals surface area contributed by atoms with E-state index in [9.17, 15) is 74.9 Å². The molecule has 0 bridgehead atoms. The summed E-state index contributed by atoms with van der Waals surface area (Å²) in [5.74, 6) is -1.98. The van der Waals surface area contributed by atoms with Gasteiger partial charge < -0.3 is 89.1 Å². The molecule has 11 N–H and O–H groups in total. The van der Waals surface area contributed by atoms with Gasteiger partial charge in [0.2, 0.25) is 0 Å². The summed E-state index contributed by atoms with van der Waals surface area (Å²) in [6, 6.07) is 0. The van der Waals surface area contributed by atoms with E-state index in [4.69, 9.17) is 42.2 Å². The molecule has 24 nitrogen and oxygen atoms in total. The van der Waals surface area contributed by atoms with E-state index in [0.29, 0.717) is 19.3 Å². The Morgan fingerprint density at radius 3 is 1.09 bits per heavy atom. The molecule has 1 saturated carbocycles. The Morgan fingerprint density at radius 2 is 0.700 bits per heavy atom. The molecule has 0 radical (unpaired) electrons. The Hall–Kier alpha value is -2.30. The number of aliphatic hydroxyl groups is 10. The number of esters is 3. The second-order valence-electron chi connectivity index (χ2n) is 28.4. The molecule has 3 rings (SSSR count). The van der Waals surface area contributed by atoms with Gasteiger partial charge in [-0.25, -0.2) is 4.57 Å². The summed E-state index contributed by atoms with van der Waals surface area (Å²) in [6.45, 7) is 3.47. The Labute approximate surface area is 599 Å². The van der Waals surface area contributed by atoms with Crippen LogP contribution in [0, 0.1) is 0 Å². The van der Waals surface area contributed by atoms with Crippen molar-refractivity contribution in [3.8, 4) is 0 Å². The first-order chi connectivity index (χ1) is 48.3. The fourth-order valence-corrected chi connectivity index (χ4v) is 14.1. The van der Waals surface area contributed by atoms with Gasteiger partial charge in [-0.05, 0) is 44.9 Å². The third-order valence-electron chi connectivity index (χ3n) is 19.5. The van der Waals surface area contributed by atoms with E-state index in [1.54, 1.807) is 0 Å². The molecular formula is C75H139O24P. The molecule has 0 aromatic heterocycles. The van der Waals surface area contributed by atoms with E-state index in [0.717, 1.165) is 116 Å². The highest BCUT2D eigenvalue weighted by atomic mass is 31.2. The van der Waals surface area contributed by atoms with Crippen molar-refractivity contribution < 1.29 is 117 Å². The first-order valence-electron chi connectivity index (χ1n) is 39.5. The molecule has 18 unspecified atom stereocenters. The molecule has 1 aliphatic carbocycles. The summed E-state index contributed by atoms with van der Waals surface area (Å²) >= 11 is 0. The molecule has 2 aliphatic heterocycles. The highest BCUT2D eigenvalue weighted by molar-refractivity contribution is 7.47. The number of phosphoric acid groups is 1. The Balaban J connectivity index is 1.72. The maximum atomic E-state index is 14.4. The second-order valence-corrected chi connectivity index (χ2v) is 29.8. The van der Waals surface area contributed by atoms with Crippen LogP contribution < -0.4 is 0 Å². The smallest absolute Gasteiger partial charge is 0.463 e. The van der Waals surface area contributed by atoms with Crippen LogP contribution in [0.25, 0.3) is 0 Å². The number of aliphatic hydroxyl groups excluding tert-OH is 10. The van der Waals surface area contributed by atoms with E-state index in [2.05, 4.69) is 32.9 Å². The van der Waals surface area contributed by atoms with Gasteiger partial charge in [-0.1, -0.05) is 264 Å². The molecule has 2 saturated heterocycles. The normalized spacial score (nSPS) is 27.3. The molecule has 3 fully saturated rings. The number of ether oxygens (including phenoxy) is 7. The largest absolute Gasteiger partial charge is 0.472 e. The van der Waals surface area contributed by atoms with E-state index < -0.39 is 156 Å². The number of hydrogen-bond acceptors (Lipinski definition) is 23. The van der Waals surface area contributed by atoms with Crippen molar-refractivity contribution in [2.45, 2.75) is 420 Å². The van der Waals surface area contributed by atoms with Crippen molar-refractivity contribution in [2.75, 3.05) is 26.4 Å². The number of allylic oxidation sites excluding steroid dienone is 2. The minimum atomic E-state index is -5.70. The molecular weight excluding hydrogens is 1320 g/mol. The zero-order chi connectivity index (χ0) is 73.2. The van der Waals surface area contributed by atoms with Crippen LogP contribution in [0.5, 0.6) is 0 Å². The quantitative estimate of drug-likeness (QED) is 0.00886. The Morgan fingerprint density at radius 1 is 0.380 bits per heavy atom. The first kappa shape index (κ1) is 91.9. The highest BCUT2D eigenvalue weighted by Crippen LogP contribution is 2.49. The summed E-state index contributed by atoms with van der Waals surface area (Å²) in [5.41, 5.74) is 0. The number of carbonyl (C=O) groups excluding carboxylic acids is 3. The van der Waals surface area contributed by atoms with Crippen LogP contribution in [0.4, 0.5) is 0 Å². The van der Waals surface area contributed by atoms with Gasteiger partial charge in [0, 0.05) is 19.3 Å². The average Bonchev–Trinajstić information content (AvgIpc) is 0.762. The number of phosphoric ester groups is 1. The Kier molecular flexibility index (Phi) is 52.3. The monoisotopic (exact) mass is 1450 g/mol. The van der Waals surface area contributed by atoms with Gasteiger partial charge >= 0.3 is 25.7 Å². The topological polar surface area (TPSA) is 374 Å². The highest BCUT2D eigenvalue weighted by Gasteiger charge is 2.58. The lowest BCUT2D eigenvalue weighted by atomic mass is 9.84. The number of carbonyl (C=O) groups is 3. The Bertz CT molecular complexity index is 2110. The SMILES string of the molecule is CCCCCC/C=C\CCCCCCCCCC(=O)OCC(COP(=O)(O)OC1C(OC2OC(CO)C(O)C(O)C2O)C(O)C(O)C(O)C1OC1OC(COC(=O)CCCCCCCCCCCCCCCC)C(O)C(O)C1O)OC(=O)CCCCCCCCCCCCCCCCCC. The average molecular weight is 1460 g/mol. The molecule has 25 heteroatoms. The fourth-order valence-electron chi connectivity index (χ4n) is 13.1. The zero-order valence-corrected chi connectivity index (χ0v) is 62.4. The molecule has 0 spiro atoms. The minimum Gasteiger partial charge on any atom is -0.463 e. The molecule has 588 valence electrons. The van der Waals surface area contributed by atoms with E-state index in [1.165, 1.54) is 141 Å². The van der Waals surface area contributed by atoms with Gasteiger partial charge in [0.25, 0.3) is 0 Å². The molecule has 0 amide bonds. The summed E-state index contributed by atoms with van der Waals surface area (Å²) in [6.07, 6.45) is 16.8.